The summed E-state index contributed by atoms with van der Waals surface area (Å²) in [6, 6.07) is 9.45. The van der Waals surface area contributed by atoms with E-state index < -0.39 is 46.2 Å². The molecule has 0 radical (unpaired) electrons. The van der Waals surface area contributed by atoms with Crippen LogP contribution in [0.4, 0.5) is 17.6 Å². The summed E-state index contributed by atoms with van der Waals surface area (Å²) in [4.78, 5) is 27.0. The first kappa shape index (κ1) is 29.8. The molecule has 0 spiro atoms. The number of aliphatic hydroxyl groups is 1. The summed E-state index contributed by atoms with van der Waals surface area (Å²) in [7, 11) is 0. The van der Waals surface area contributed by atoms with Crippen molar-refractivity contribution in [2.75, 3.05) is 6.54 Å². The molecule has 2 fully saturated rings. The third-order valence-corrected chi connectivity index (χ3v) is 10.2. The topological polar surface area (TPSA) is 77.8 Å². The highest BCUT2D eigenvalue weighted by molar-refractivity contribution is 6.31. The van der Waals surface area contributed by atoms with Crippen molar-refractivity contribution in [3.8, 4) is 0 Å². The van der Waals surface area contributed by atoms with E-state index in [9.17, 15) is 37.4 Å². The molecule has 222 valence electrons. The molecule has 1 amide bonds. The average molecular weight is 596 g/mol. The number of carbonyl (C=O) groups excluding carboxylic acids is 1. The molecule has 2 aliphatic carbocycles. The highest BCUT2D eigenvalue weighted by Gasteiger charge is 2.57. The van der Waals surface area contributed by atoms with Gasteiger partial charge in [-0.1, -0.05) is 41.9 Å². The third-order valence-electron chi connectivity index (χ3n) is 9.79. The van der Waals surface area contributed by atoms with E-state index in [4.69, 9.17) is 11.6 Å². The first-order valence-electron chi connectivity index (χ1n) is 14.0. The molecule has 5 nitrogen and oxygen atoms in total. The summed E-state index contributed by atoms with van der Waals surface area (Å²) in [5, 5.41) is 21.3. The predicted octanol–water partition coefficient (Wildman–Crippen LogP) is 6.43. The van der Waals surface area contributed by atoms with Crippen LogP contribution in [0.5, 0.6) is 0 Å². The fourth-order valence-corrected chi connectivity index (χ4v) is 7.40. The zero-order valence-corrected chi connectivity index (χ0v) is 23.8. The highest BCUT2D eigenvalue weighted by Crippen LogP contribution is 2.52. The second-order valence-corrected chi connectivity index (χ2v) is 12.6. The van der Waals surface area contributed by atoms with Crippen molar-refractivity contribution in [2.24, 2.45) is 5.92 Å². The summed E-state index contributed by atoms with van der Waals surface area (Å²) in [5.41, 5.74) is -3.10. The van der Waals surface area contributed by atoms with Gasteiger partial charge >= 0.3 is 12.1 Å². The van der Waals surface area contributed by atoms with Crippen LogP contribution in [0.1, 0.15) is 73.3 Å². The molecule has 2 aromatic carbocycles. The van der Waals surface area contributed by atoms with Gasteiger partial charge in [-0.3, -0.25) is 9.59 Å². The van der Waals surface area contributed by atoms with Gasteiger partial charge in [0, 0.05) is 23.0 Å². The molecule has 1 aliphatic heterocycles. The van der Waals surface area contributed by atoms with E-state index >= 15 is 0 Å². The van der Waals surface area contributed by atoms with Crippen molar-refractivity contribution >= 4 is 23.5 Å². The van der Waals surface area contributed by atoms with Crippen molar-refractivity contribution in [3.05, 3.63) is 69.2 Å². The molecule has 10 heteroatoms. The number of halogens is 5. The number of likely N-dealkylation sites (tertiary alicyclic amines) is 1. The number of aliphatic carboxylic acids is 1. The van der Waals surface area contributed by atoms with E-state index in [-0.39, 0.29) is 31.7 Å². The molecule has 2 aromatic rings. The van der Waals surface area contributed by atoms with Gasteiger partial charge < -0.3 is 15.1 Å². The van der Waals surface area contributed by atoms with Gasteiger partial charge in [-0.05, 0) is 99.1 Å². The van der Waals surface area contributed by atoms with Gasteiger partial charge in [-0.25, -0.2) is 4.39 Å². The Kier molecular flexibility index (Phi) is 7.47. The number of carboxylic acids is 1. The van der Waals surface area contributed by atoms with Crippen LogP contribution in [0.3, 0.4) is 0 Å². The van der Waals surface area contributed by atoms with E-state index in [1.54, 1.807) is 11.0 Å². The normalized spacial score (nSPS) is 29.4. The fourth-order valence-electron chi connectivity index (χ4n) is 7.20. The monoisotopic (exact) mass is 595 g/mol. The molecular formula is C31H34ClF4NO4. The first-order valence-corrected chi connectivity index (χ1v) is 14.4. The van der Waals surface area contributed by atoms with Gasteiger partial charge in [-0.2, -0.15) is 13.2 Å². The molecule has 1 saturated heterocycles. The van der Waals surface area contributed by atoms with Gasteiger partial charge in [-0.15, -0.1) is 0 Å². The second-order valence-electron chi connectivity index (χ2n) is 12.2. The summed E-state index contributed by atoms with van der Waals surface area (Å²) in [5.74, 6) is -1.96. The van der Waals surface area contributed by atoms with Crippen LogP contribution >= 0.6 is 11.6 Å². The molecule has 1 saturated carbocycles. The van der Waals surface area contributed by atoms with E-state index in [1.165, 1.54) is 12.1 Å². The second kappa shape index (κ2) is 10.3. The maximum atomic E-state index is 14.9. The lowest BCUT2D eigenvalue weighted by Crippen LogP contribution is -2.56. The van der Waals surface area contributed by atoms with E-state index in [0.717, 1.165) is 16.7 Å². The maximum Gasteiger partial charge on any atom is 0.426 e. The van der Waals surface area contributed by atoms with Crippen molar-refractivity contribution < 1.29 is 37.4 Å². The molecule has 1 heterocycles. The van der Waals surface area contributed by atoms with Gasteiger partial charge in [0.05, 0.1) is 5.92 Å². The number of alkyl halides is 4. The smallest absolute Gasteiger partial charge is 0.426 e. The van der Waals surface area contributed by atoms with Crippen LogP contribution in [0.2, 0.25) is 5.02 Å². The van der Waals surface area contributed by atoms with Gasteiger partial charge in [0.1, 0.15) is 5.60 Å². The minimum atomic E-state index is -5.07. The SMILES string of the molecule is Cc1ccc(CC23CCN(C(=O)C4(O)CCC(C(=O)O)CC4)C2CCc2cc(C(C)(F)C(F)(F)F)ccc23)cc1Cl. The summed E-state index contributed by atoms with van der Waals surface area (Å²) < 4.78 is 55.5. The molecule has 3 atom stereocenters. The van der Waals surface area contributed by atoms with Crippen molar-refractivity contribution in [2.45, 2.75) is 94.1 Å². The largest absolute Gasteiger partial charge is 0.481 e. The van der Waals surface area contributed by atoms with E-state index in [0.29, 0.717) is 49.7 Å². The molecule has 0 aromatic heterocycles. The highest BCUT2D eigenvalue weighted by atomic mass is 35.5. The quantitative estimate of drug-likeness (QED) is 0.391. The minimum Gasteiger partial charge on any atom is -0.481 e. The molecule has 0 bridgehead atoms. The predicted molar refractivity (Wildman–Crippen MR) is 146 cm³/mol. The number of fused-ring (bicyclic) bond motifs is 3. The van der Waals surface area contributed by atoms with Crippen LogP contribution < -0.4 is 0 Å². The van der Waals surface area contributed by atoms with Crippen LogP contribution in [-0.4, -0.2) is 51.4 Å². The van der Waals surface area contributed by atoms with E-state index in [2.05, 4.69) is 0 Å². The Morgan fingerprint density at radius 3 is 2.34 bits per heavy atom. The van der Waals surface area contributed by atoms with Crippen LogP contribution in [0.15, 0.2) is 36.4 Å². The lowest BCUT2D eigenvalue weighted by molar-refractivity contribution is -0.228. The Bertz CT molecular complexity index is 1370. The minimum absolute atomic E-state index is 0.0546. The summed E-state index contributed by atoms with van der Waals surface area (Å²) in [6.45, 7) is 2.74. The Hall–Kier alpha value is -2.65. The van der Waals surface area contributed by atoms with Crippen LogP contribution in [0.25, 0.3) is 0 Å². The maximum absolute atomic E-state index is 14.9. The van der Waals surface area contributed by atoms with Gasteiger partial charge in [0.25, 0.3) is 5.91 Å². The van der Waals surface area contributed by atoms with Crippen LogP contribution in [-0.2, 0) is 33.5 Å². The zero-order chi connectivity index (χ0) is 30.0. The number of carbonyl (C=O) groups is 2. The molecule has 5 rings (SSSR count). The molecule has 41 heavy (non-hydrogen) atoms. The summed E-state index contributed by atoms with van der Waals surface area (Å²) in [6.07, 6.45) is -2.81. The Labute approximate surface area is 241 Å². The number of benzene rings is 2. The van der Waals surface area contributed by atoms with Crippen molar-refractivity contribution in [3.63, 3.8) is 0 Å². The number of hydrogen-bond donors (Lipinski definition) is 2. The zero-order valence-electron chi connectivity index (χ0n) is 23.0. The third kappa shape index (κ3) is 5.03. The molecular weight excluding hydrogens is 562 g/mol. The number of aryl methyl sites for hydroxylation is 2. The Balaban J connectivity index is 1.53. The van der Waals surface area contributed by atoms with Crippen molar-refractivity contribution in [1.29, 1.82) is 0 Å². The lowest BCUT2D eigenvalue weighted by atomic mass is 9.63. The fraction of sp³-hybridized carbons (Fsp3) is 0.548. The van der Waals surface area contributed by atoms with Crippen LogP contribution in [0, 0.1) is 12.8 Å². The standard InChI is InChI=1S/C31H34ClF4NO4/c1-18-3-4-19(15-24(18)32)17-29-13-14-37(27(40)30(41)11-9-20(10-12-30)26(38)39)25(29)8-5-21-16-22(6-7-23(21)29)28(2,33)31(34,35)36/h3-4,6-7,15-16,20,25,41H,5,8-14,17H2,1-2H3,(H,38,39). The van der Waals surface area contributed by atoms with Crippen molar-refractivity contribution in [1.82, 2.24) is 4.90 Å². The lowest BCUT2D eigenvalue weighted by Gasteiger charge is -2.46. The average Bonchev–Trinajstić information content (AvgIpc) is 3.28. The number of carboxylic acid groups (broad SMARTS) is 1. The number of hydrogen-bond acceptors (Lipinski definition) is 3. The van der Waals surface area contributed by atoms with Gasteiger partial charge in [0.2, 0.25) is 5.67 Å². The molecule has 3 aliphatic rings. The van der Waals surface area contributed by atoms with Gasteiger partial charge in [0.15, 0.2) is 0 Å². The number of amides is 1. The first-order chi connectivity index (χ1) is 19.1. The number of nitrogens with zero attached hydrogens (tertiary/aromatic N) is 1. The van der Waals surface area contributed by atoms with E-state index in [1.807, 2.05) is 25.1 Å². The Morgan fingerprint density at radius 2 is 1.73 bits per heavy atom. The summed E-state index contributed by atoms with van der Waals surface area (Å²) >= 11 is 6.43. The molecule has 2 N–H and O–H groups in total. The number of rotatable bonds is 5. The Morgan fingerprint density at radius 1 is 1.05 bits per heavy atom. The molecule has 3 unspecified atom stereocenters.